The summed E-state index contributed by atoms with van der Waals surface area (Å²) in [5.74, 6) is 0.615. The second-order valence-electron chi connectivity index (χ2n) is 5.92. The number of aryl methyl sites for hydroxylation is 1. The maximum absolute atomic E-state index is 5.74. The van der Waals surface area contributed by atoms with Crippen LogP contribution in [0.1, 0.15) is 44.9 Å². The molecule has 0 saturated carbocycles. The van der Waals surface area contributed by atoms with Crippen LogP contribution in [0.25, 0.3) is 0 Å². The zero-order valence-electron chi connectivity index (χ0n) is 13.1. The quantitative estimate of drug-likeness (QED) is 0.831. The molecule has 1 aromatic heterocycles. The molecule has 1 aromatic rings. The molecule has 0 bridgehead atoms. The Hall–Kier alpha value is -0.930. The van der Waals surface area contributed by atoms with Crippen molar-refractivity contribution in [2.75, 3.05) is 13.2 Å². The van der Waals surface area contributed by atoms with Crippen molar-refractivity contribution < 1.29 is 4.74 Å². The number of hydrogen-bond donors (Lipinski definition) is 1. The van der Waals surface area contributed by atoms with E-state index in [-0.39, 0.29) is 0 Å². The number of nitrogens with zero attached hydrogens (tertiary/aromatic N) is 1. The molecule has 3 unspecified atom stereocenters. The minimum Gasteiger partial charge on any atom is -0.378 e. The topological polar surface area (TPSA) is 34.2 Å². The third-order valence-electron chi connectivity index (χ3n) is 4.18. The van der Waals surface area contributed by atoms with Crippen LogP contribution in [0.15, 0.2) is 18.3 Å². The van der Waals surface area contributed by atoms with Gasteiger partial charge in [-0.3, -0.25) is 4.98 Å². The Bertz CT molecular complexity index is 390. The normalized spacial score (nSPS) is 23.9. The van der Waals surface area contributed by atoms with Gasteiger partial charge < -0.3 is 10.1 Å². The van der Waals surface area contributed by atoms with E-state index in [2.05, 4.69) is 43.2 Å². The minimum absolute atomic E-state index is 0.404. The monoisotopic (exact) mass is 276 g/mol. The molecule has 20 heavy (non-hydrogen) atoms. The van der Waals surface area contributed by atoms with E-state index in [1.54, 1.807) is 0 Å². The predicted molar refractivity (Wildman–Crippen MR) is 82.9 cm³/mol. The summed E-state index contributed by atoms with van der Waals surface area (Å²) in [6.07, 6.45) is 6.81. The Morgan fingerprint density at radius 2 is 2.25 bits per heavy atom. The Balaban J connectivity index is 1.98. The standard InChI is InChI=1S/C17H28N2O/c1-4-8-18-17(15-9-13(3)20-12-15)10-16-7-6-14(5-2)11-19-16/h6-7,11,13,15,17-18H,4-5,8-10,12H2,1-3H3. The minimum atomic E-state index is 0.404. The Kier molecular flexibility index (Phi) is 5.99. The van der Waals surface area contributed by atoms with E-state index in [9.17, 15) is 0 Å². The van der Waals surface area contributed by atoms with Crippen LogP contribution in [0, 0.1) is 5.92 Å². The molecule has 2 heterocycles. The molecular formula is C17H28N2O. The van der Waals surface area contributed by atoms with E-state index >= 15 is 0 Å². The third kappa shape index (κ3) is 4.29. The highest BCUT2D eigenvalue weighted by molar-refractivity contribution is 5.15. The largest absolute Gasteiger partial charge is 0.378 e. The number of pyridine rings is 1. The lowest BCUT2D eigenvalue weighted by Crippen LogP contribution is -2.39. The molecule has 3 atom stereocenters. The molecule has 1 fully saturated rings. The number of nitrogens with one attached hydrogen (secondary N) is 1. The molecule has 112 valence electrons. The van der Waals surface area contributed by atoms with Gasteiger partial charge in [0, 0.05) is 30.3 Å². The van der Waals surface area contributed by atoms with E-state index in [4.69, 9.17) is 4.74 Å². The summed E-state index contributed by atoms with van der Waals surface area (Å²) in [4.78, 5) is 4.61. The molecule has 1 saturated heterocycles. The van der Waals surface area contributed by atoms with Gasteiger partial charge in [-0.15, -0.1) is 0 Å². The van der Waals surface area contributed by atoms with Gasteiger partial charge in [0.05, 0.1) is 12.7 Å². The number of ether oxygens (including phenoxy) is 1. The van der Waals surface area contributed by atoms with E-state index < -0.39 is 0 Å². The van der Waals surface area contributed by atoms with Crippen LogP contribution >= 0.6 is 0 Å². The first-order valence-electron chi connectivity index (χ1n) is 8.01. The molecular weight excluding hydrogens is 248 g/mol. The van der Waals surface area contributed by atoms with E-state index in [1.807, 2.05) is 6.20 Å². The summed E-state index contributed by atoms with van der Waals surface area (Å²) in [6.45, 7) is 8.51. The van der Waals surface area contributed by atoms with Crippen LogP contribution in [0.2, 0.25) is 0 Å². The zero-order chi connectivity index (χ0) is 14.4. The fourth-order valence-electron chi connectivity index (χ4n) is 2.88. The highest BCUT2D eigenvalue weighted by atomic mass is 16.5. The Morgan fingerprint density at radius 1 is 1.40 bits per heavy atom. The first-order chi connectivity index (χ1) is 9.72. The summed E-state index contributed by atoms with van der Waals surface area (Å²) in [7, 11) is 0. The fraction of sp³-hybridized carbons (Fsp3) is 0.706. The summed E-state index contributed by atoms with van der Waals surface area (Å²) < 4.78 is 5.74. The molecule has 0 aromatic carbocycles. The van der Waals surface area contributed by atoms with Crippen LogP contribution in [-0.4, -0.2) is 30.3 Å². The van der Waals surface area contributed by atoms with Gasteiger partial charge in [0.15, 0.2) is 0 Å². The molecule has 1 aliphatic rings. The summed E-state index contributed by atoms with van der Waals surface area (Å²) in [6, 6.07) is 4.87. The van der Waals surface area contributed by atoms with Gasteiger partial charge in [-0.25, -0.2) is 0 Å². The lowest BCUT2D eigenvalue weighted by atomic mass is 9.93. The van der Waals surface area contributed by atoms with Gasteiger partial charge in [0.25, 0.3) is 0 Å². The van der Waals surface area contributed by atoms with Crippen LogP contribution in [-0.2, 0) is 17.6 Å². The van der Waals surface area contributed by atoms with Gasteiger partial charge in [-0.2, -0.15) is 0 Å². The average Bonchev–Trinajstić information content (AvgIpc) is 2.90. The molecule has 1 aliphatic heterocycles. The van der Waals surface area contributed by atoms with E-state index in [0.717, 1.165) is 32.4 Å². The van der Waals surface area contributed by atoms with Gasteiger partial charge in [-0.1, -0.05) is 19.9 Å². The number of rotatable bonds is 7. The summed E-state index contributed by atoms with van der Waals surface area (Å²) in [5.41, 5.74) is 2.50. The van der Waals surface area contributed by atoms with Crippen LogP contribution in [0.5, 0.6) is 0 Å². The van der Waals surface area contributed by atoms with Gasteiger partial charge in [0.1, 0.15) is 0 Å². The lowest BCUT2D eigenvalue weighted by Gasteiger charge is -2.23. The Morgan fingerprint density at radius 3 is 2.80 bits per heavy atom. The van der Waals surface area contributed by atoms with Crippen molar-refractivity contribution in [2.24, 2.45) is 5.92 Å². The molecule has 0 spiro atoms. The second-order valence-corrected chi connectivity index (χ2v) is 5.92. The van der Waals surface area contributed by atoms with Gasteiger partial charge in [0.2, 0.25) is 0 Å². The first kappa shape index (κ1) is 15.5. The highest BCUT2D eigenvalue weighted by Gasteiger charge is 2.29. The fourth-order valence-corrected chi connectivity index (χ4v) is 2.88. The molecule has 0 radical (unpaired) electrons. The van der Waals surface area contributed by atoms with Crippen molar-refractivity contribution in [3.8, 4) is 0 Å². The van der Waals surface area contributed by atoms with Crippen LogP contribution < -0.4 is 5.32 Å². The maximum atomic E-state index is 5.74. The SMILES string of the molecule is CCCNC(Cc1ccc(CC)cn1)C1COC(C)C1. The first-order valence-corrected chi connectivity index (χ1v) is 8.01. The zero-order valence-corrected chi connectivity index (χ0v) is 13.1. The van der Waals surface area contributed by atoms with Gasteiger partial charge in [-0.05, 0) is 44.4 Å². The third-order valence-corrected chi connectivity index (χ3v) is 4.18. The van der Waals surface area contributed by atoms with Crippen molar-refractivity contribution in [3.05, 3.63) is 29.6 Å². The van der Waals surface area contributed by atoms with Gasteiger partial charge >= 0.3 is 0 Å². The summed E-state index contributed by atoms with van der Waals surface area (Å²) >= 11 is 0. The van der Waals surface area contributed by atoms with Crippen molar-refractivity contribution >= 4 is 0 Å². The maximum Gasteiger partial charge on any atom is 0.0551 e. The van der Waals surface area contributed by atoms with E-state index in [0.29, 0.717) is 18.1 Å². The summed E-state index contributed by atoms with van der Waals surface area (Å²) in [5, 5.41) is 3.69. The molecule has 0 aliphatic carbocycles. The average molecular weight is 276 g/mol. The van der Waals surface area contributed by atoms with Crippen molar-refractivity contribution in [3.63, 3.8) is 0 Å². The number of hydrogen-bond acceptors (Lipinski definition) is 3. The Labute approximate surface area is 123 Å². The van der Waals surface area contributed by atoms with Crippen LogP contribution in [0.3, 0.4) is 0 Å². The smallest absolute Gasteiger partial charge is 0.0551 e. The predicted octanol–water partition coefficient (Wildman–Crippen LogP) is 2.98. The lowest BCUT2D eigenvalue weighted by molar-refractivity contribution is 0.116. The number of aromatic nitrogens is 1. The van der Waals surface area contributed by atoms with Crippen molar-refractivity contribution in [1.82, 2.24) is 10.3 Å². The molecule has 2 rings (SSSR count). The van der Waals surface area contributed by atoms with Crippen LogP contribution in [0.4, 0.5) is 0 Å². The molecule has 3 nitrogen and oxygen atoms in total. The van der Waals surface area contributed by atoms with Crippen molar-refractivity contribution in [1.29, 1.82) is 0 Å². The molecule has 3 heteroatoms. The molecule has 0 amide bonds. The highest BCUT2D eigenvalue weighted by Crippen LogP contribution is 2.24. The molecule has 1 N–H and O–H groups in total. The van der Waals surface area contributed by atoms with Crippen molar-refractivity contribution in [2.45, 2.75) is 58.6 Å². The van der Waals surface area contributed by atoms with E-state index in [1.165, 1.54) is 17.7 Å². The second kappa shape index (κ2) is 7.75.